The summed E-state index contributed by atoms with van der Waals surface area (Å²) in [6.45, 7) is 2.84. The molecule has 0 spiro atoms. The Morgan fingerprint density at radius 3 is 3.07 bits per heavy atom. The lowest BCUT2D eigenvalue weighted by atomic mass is 10.0. The minimum absolute atomic E-state index is 0.0546. The van der Waals surface area contributed by atoms with Gasteiger partial charge in [-0.2, -0.15) is 4.98 Å². The van der Waals surface area contributed by atoms with Gasteiger partial charge in [-0.25, -0.2) is 5.10 Å². The molecule has 14 heavy (non-hydrogen) atoms. The van der Waals surface area contributed by atoms with Crippen molar-refractivity contribution in [1.29, 1.82) is 0 Å². The molecule has 1 aromatic rings. The molecular weight excluding hydrogens is 182 g/mol. The van der Waals surface area contributed by atoms with Crippen molar-refractivity contribution in [2.24, 2.45) is 0 Å². The maximum atomic E-state index is 9.68. The summed E-state index contributed by atoms with van der Waals surface area (Å²) in [7, 11) is 0. The van der Waals surface area contributed by atoms with Crippen molar-refractivity contribution in [1.82, 2.24) is 15.2 Å². The van der Waals surface area contributed by atoms with Crippen molar-refractivity contribution < 1.29 is 5.11 Å². The van der Waals surface area contributed by atoms with Crippen LogP contribution in [0, 0.1) is 0 Å². The topological polar surface area (TPSA) is 91.1 Å². The number of nitrogens with two attached hydrogens (primary N) is 1. The molecule has 4 N–H and O–H groups in total. The molecule has 78 valence electrons. The van der Waals surface area contributed by atoms with Gasteiger partial charge in [-0.15, -0.1) is 5.10 Å². The second-order valence-electron chi connectivity index (χ2n) is 3.66. The van der Waals surface area contributed by atoms with Crippen LogP contribution >= 0.6 is 0 Å². The quantitative estimate of drug-likeness (QED) is 0.577. The van der Waals surface area contributed by atoms with Gasteiger partial charge in [-0.05, 0) is 19.8 Å². The molecule has 1 aliphatic heterocycles. The first-order valence-corrected chi connectivity index (χ1v) is 4.81. The number of piperidine rings is 1. The van der Waals surface area contributed by atoms with Crippen molar-refractivity contribution in [3.8, 4) is 0 Å². The van der Waals surface area contributed by atoms with Crippen molar-refractivity contribution in [2.75, 3.05) is 17.2 Å². The van der Waals surface area contributed by atoms with Crippen molar-refractivity contribution in [2.45, 2.75) is 31.9 Å². The molecule has 6 nitrogen and oxygen atoms in total. The number of hydrogen-bond acceptors (Lipinski definition) is 5. The van der Waals surface area contributed by atoms with Crippen LogP contribution in [0.15, 0.2) is 0 Å². The predicted octanol–water partition coefficient (Wildman–Crippen LogP) is -0.264. The molecule has 2 unspecified atom stereocenters. The summed E-state index contributed by atoms with van der Waals surface area (Å²) < 4.78 is 0. The minimum Gasteiger partial charge on any atom is -0.391 e. The van der Waals surface area contributed by atoms with E-state index in [-0.39, 0.29) is 12.1 Å². The highest BCUT2D eigenvalue weighted by Gasteiger charge is 2.28. The van der Waals surface area contributed by atoms with Crippen molar-refractivity contribution in [3.05, 3.63) is 0 Å². The number of aliphatic hydroxyl groups excluding tert-OH is 1. The first kappa shape index (κ1) is 9.26. The number of anilines is 2. The van der Waals surface area contributed by atoms with E-state index < -0.39 is 0 Å². The molecule has 2 atom stereocenters. The highest BCUT2D eigenvalue weighted by atomic mass is 16.3. The molecule has 0 bridgehead atoms. The van der Waals surface area contributed by atoms with Gasteiger partial charge >= 0.3 is 0 Å². The first-order valence-electron chi connectivity index (χ1n) is 4.81. The predicted molar refractivity (Wildman–Crippen MR) is 52.8 cm³/mol. The van der Waals surface area contributed by atoms with E-state index >= 15 is 0 Å². The molecule has 0 aromatic carbocycles. The highest BCUT2D eigenvalue weighted by molar-refractivity contribution is 5.36. The average Bonchev–Trinajstić information content (AvgIpc) is 2.57. The molecule has 6 heteroatoms. The van der Waals surface area contributed by atoms with E-state index in [1.165, 1.54) is 0 Å². The van der Waals surface area contributed by atoms with Crippen molar-refractivity contribution in [3.63, 3.8) is 0 Å². The zero-order chi connectivity index (χ0) is 10.1. The summed E-state index contributed by atoms with van der Waals surface area (Å²) in [4.78, 5) is 6.02. The Morgan fingerprint density at radius 1 is 1.64 bits per heavy atom. The maximum Gasteiger partial charge on any atom is 0.246 e. The van der Waals surface area contributed by atoms with Crippen molar-refractivity contribution >= 4 is 11.9 Å². The molecule has 1 saturated heterocycles. The largest absolute Gasteiger partial charge is 0.391 e. The van der Waals surface area contributed by atoms with Crippen LogP contribution in [0.25, 0.3) is 0 Å². The Morgan fingerprint density at radius 2 is 2.43 bits per heavy atom. The molecule has 1 aliphatic rings. The fraction of sp³-hybridized carbons (Fsp3) is 0.750. The van der Waals surface area contributed by atoms with E-state index in [4.69, 9.17) is 5.73 Å². The van der Waals surface area contributed by atoms with Crippen LogP contribution < -0.4 is 10.6 Å². The number of aliphatic hydroxyl groups is 1. The maximum absolute atomic E-state index is 9.68. The summed E-state index contributed by atoms with van der Waals surface area (Å²) >= 11 is 0. The number of nitrogens with zero attached hydrogens (tertiary/aromatic N) is 3. The second-order valence-corrected chi connectivity index (χ2v) is 3.66. The number of nitrogens with one attached hydrogen (secondary N) is 1. The van der Waals surface area contributed by atoms with Crippen LogP contribution in [-0.2, 0) is 0 Å². The monoisotopic (exact) mass is 197 g/mol. The number of hydrogen-bond donors (Lipinski definition) is 3. The molecule has 0 saturated carbocycles. The molecule has 2 rings (SSSR count). The number of H-pyrrole nitrogens is 1. The van der Waals surface area contributed by atoms with Gasteiger partial charge < -0.3 is 15.7 Å². The lowest BCUT2D eigenvalue weighted by Gasteiger charge is -2.35. The van der Waals surface area contributed by atoms with Gasteiger partial charge in [0.15, 0.2) is 0 Å². The van der Waals surface area contributed by atoms with Crippen LogP contribution in [0.4, 0.5) is 11.9 Å². The second kappa shape index (κ2) is 3.45. The fourth-order valence-corrected chi connectivity index (χ4v) is 1.80. The molecule has 0 amide bonds. The summed E-state index contributed by atoms with van der Waals surface area (Å²) in [5.41, 5.74) is 5.45. The molecule has 0 aliphatic carbocycles. The molecular formula is C8H15N5O. The molecule has 1 fully saturated rings. The lowest BCUT2D eigenvalue weighted by molar-refractivity contribution is 0.119. The highest BCUT2D eigenvalue weighted by Crippen LogP contribution is 2.21. The van der Waals surface area contributed by atoms with Gasteiger partial charge in [-0.3, -0.25) is 0 Å². The summed E-state index contributed by atoms with van der Waals surface area (Å²) in [6.07, 6.45) is 1.50. The molecule has 2 heterocycles. The zero-order valence-electron chi connectivity index (χ0n) is 8.14. The van der Waals surface area contributed by atoms with Gasteiger partial charge in [0.25, 0.3) is 0 Å². The Balaban J connectivity index is 2.17. The lowest BCUT2D eigenvalue weighted by Crippen LogP contribution is -2.47. The SMILES string of the molecule is CC1C(O)CCCN1c1n[nH]c(N)n1. The third-order valence-corrected chi connectivity index (χ3v) is 2.70. The van der Waals surface area contributed by atoms with Gasteiger partial charge in [0.1, 0.15) is 0 Å². The van der Waals surface area contributed by atoms with E-state index in [0.29, 0.717) is 11.9 Å². The van der Waals surface area contributed by atoms with Gasteiger partial charge in [0.05, 0.1) is 12.1 Å². The Bertz CT molecular complexity index is 312. The normalized spacial score (nSPS) is 28.0. The third kappa shape index (κ3) is 1.52. The average molecular weight is 197 g/mol. The van der Waals surface area contributed by atoms with E-state index in [2.05, 4.69) is 15.2 Å². The Labute approximate surface area is 82.1 Å². The van der Waals surface area contributed by atoms with Gasteiger partial charge in [0.2, 0.25) is 11.9 Å². The number of rotatable bonds is 1. The van der Waals surface area contributed by atoms with E-state index in [0.717, 1.165) is 19.4 Å². The number of aromatic amines is 1. The summed E-state index contributed by atoms with van der Waals surface area (Å²) in [5, 5.41) is 16.3. The smallest absolute Gasteiger partial charge is 0.246 e. The standard InChI is InChI=1S/C8H15N5O/c1-5-6(14)3-2-4-13(5)8-10-7(9)11-12-8/h5-6,14H,2-4H2,1H3,(H3,9,10,11,12). The van der Waals surface area contributed by atoms with Gasteiger partial charge in [0, 0.05) is 6.54 Å². The van der Waals surface area contributed by atoms with Gasteiger partial charge in [-0.1, -0.05) is 0 Å². The Kier molecular flexibility index (Phi) is 2.28. The Hall–Kier alpha value is -1.30. The van der Waals surface area contributed by atoms with Crippen LogP contribution in [-0.4, -0.2) is 39.0 Å². The van der Waals surface area contributed by atoms with Crippen LogP contribution in [0.2, 0.25) is 0 Å². The third-order valence-electron chi connectivity index (χ3n) is 2.70. The van der Waals surface area contributed by atoms with E-state index in [1.807, 2.05) is 11.8 Å². The van der Waals surface area contributed by atoms with E-state index in [1.54, 1.807) is 0 Å². The fourth-order valence-electron chi connectivity index (χ4n) is 1.80. The summed E-state index contributed by atoms with van der Waals surface area (Å²) in [5.74, 6) is 0.890. The minimum atomic E-state index is -0.302. The number of aromatic nitrogens is 3. The first-order chi connectivity index (χ1) is 6.68. The van der Waals surface area contributed by atoms with Crippen LogP contribution in [0.3, 0.4) is 0 Å². The molecule has 0 radical (unpaired) electrons. The number of nitrogen functional groups attached to an aromatic ring is 1. The van der Waals surface area contributed by atoms with Crippen LogP contribution in [0.5, 0.6) is 0 Å². The van der Waals surface area contributed by atoms with Crippen LogP contribution in [0.1, 0.15) is 19.8 Å². The van der Waals surface area contributed by atoms with E-state index in [9.17, 15) is 5.11 Å². The summed E-state index contributed by atoms with van der Waals surface area (Å²) in [6, 6.07) is 0.0546. The molecule has 1 aromatic heterocycles. The zero-order valence-corrected chi connectivity index (χ0v) is 8.14.